The molecule has 0 aliphatic carbocycles. The fourth-order valence-corrected chi connectivity index (χ4v) is 2.88. The molecule has 1 atom stereocenters. The molecule has 0 bridgehead atoms. The van der Waals surface area contributed by atoms with Crippen molar-refractivity contribution in [1.82, 2.24) is 0 Å². The number of nitrogens with zero attached hydrogens (tertiary/aromatic N) is 1. The number of thioether (sulfide) groups is 1. The van der Waals surface area contributed by atoms with Gasteiger partial charge < -0.3 is 11.1 Å². The number of nitrogens with one attached hydrogen (secondary N) is 1. The highest BCUT2D eigenvalue weighted by Crippen LogP contribution is 2.35. The Morgan fingerprint density at radius 2 is 2.31 bits per heavy atom. The van der Waals surface area contributed by atoms with Gasteiger partial charge in [0, 0.05) is 18.5 Å². The molecule has 1 aliphatic heterocycles. The lowest BCUT2D eigenvalue weighted by atomic mass is 9.89. The Bertz CT molecular complexity index is 416. The summed E-state index contributed by atoms with van der Waals surface area (Å²) in [6.45, 7) is 2.15. The smallest absolute Gasteiger partial charge is 0.154 e. The highest BCUT2D eigenvalue weighted by molar-refractivity contribution is 8.13. The number of hydrogen-bond acceptors (Lipinski definition) is 4. The van der Waals surface area contributed by atoms with E-state index in [0.29, 0.717) is 5.17 Å². The summed E-state index contributed by atoms with van der Waals surface area (Å²) >= 11 is 1.64. The summed E-state index contributed by atoms with van der Waals surface area (Å²) in [6, 6.07) is 8.37. The second-order valence-corrected chi connectivity index (χ2v) is 5.27. The molecule has 0 spiro atoms. The van der Waals surface area contributed by atoms with Crippen molar-refractivity contribution in [2.45, 2.75) is 18.9 Å². The number of rotatable bonds is 2. The molecule has 0 saturated heterocycles. The molecule has 0 aromatic heterocycles. The molecule has 1 aromatic carbocycles. The topological polar surface area (TPSA) is 50.4 Å². The van der Waals surface area contributed by atoms with Gasteiger partial charge in [-0.3, -0.25) is 4.99 Å². The zero-order valence-electron chi connectivity index (χ0n) is 9.66. The van der Waals surface area contributed by atoms with Gasteiger partial charge in [0.1, 0.15) is 0 Å². The summed E-state index contributed by atoms with van der Waals surface area (Å²) in [6.07, 6.45) is 1.03. The summed E-state index contributed by atoms with van der Waals surface area (Å²) < 4.78 is 0. The minimum Gasteiger partial charge on any atom is -0.388 e. The first-order valence-corrected chi connectivity index (χ1v) is 6.39. The Labute approximate surface area is 101 Å². The molecule has 0 fully saturated rings. The maximum absolute atomic E-state index is 5.82. The van der Waals surface area contributed by atoms with Crippen LogP contribution in [0.1, 0.15) is 18.9 Å². The Hall–Kier alpha value is -1.16. The van der Waals surface area contributed by atoms with Crippen molar-refractivity contribution in [3.05, 3.63) is 29.8 Å². The van der Waals surface area contributed by atoms with Crippen LogP contribution in [-0.2, 0) is 5.54 Å². The number of nitrogens with two attached hydrogens (primary N) is 1. The lowest BCUT2D eigenvalue weighted by molar-refractivity contribution is 0.482. The van der Waals surface area contributed by atoms with Crippen LogP contribution in [0.3, 0.4) is 0 Å². The second kappa shape index (κ2) is 4.37. The van der Waals surface area contributed by atoms with Crippen LogP contribution in [0.15, 0.2) is 29.3 Å². The number of benzene rings is 1. The van der Waals surface area contributed by atoms with Crippen molar-refractivity contribution in [2.75, 3.05) is 18.1 Å². The first-order valence-electron chi connectivity index (χ1n) is 5.40. The van der Waals surface area contributed by atoms with E-state index in [0.717, 1.165) is 17.9 Å². The van der Waals surface area contributed by atoms with Gasteiger partial charge in [0.25, 0.3) is 0 Å². The second-order valence-electron chi connectivity index (χ2n) is 4.15. The molecule has 3 nitrogen and oxygen atoms in total. The van der Waals surface area contributed by atoms with Crippen molar-refractivity contribution >= 4 is 22.6 Å². The van der Waals surface area contributed by atoms with Gasteiger partial charge in [0.15, 0.2) is 5.17 Å². The Morgan fingerprint density at radius 3 is 3.00 bits per heavy atom. The lowest BCUT2D eigenvalue weighted by Gasteiger charge is -2.30. The highest BCUT2D eigenvalue weighted by Gasteiger charge is 2.29. The van der Waals surface area contributed by atoms with E-state index in [9.17, 15) is 0 Å². The largest absolute Gasteiger partial charge is 0.388 e. The van der Waals surface area contributed by atoms with Gasteiger partial charge in [0.05, 0.1) is 5.54 Å². The van der Waals surface area contributed by atoms with Gasteiger partial charge in [-0.15, -0.1) is 0 Å². The van der Waals surface area contributed by atoms with Crippen molar-refractivity contribution < 1.29 is 0 Å². The predicted octanol–water partition coefficient (Wildman–Crippen LogP) is 2.40. The normalized spacial score (nSPS) is 25.0. The minimum atomic E-state index is -0.164. The van der Waals surface area contributed by atoms with E-state index >= 15 is 0 Å². The number of aliphatic imine (C=N–C) groups is 1. The summed E-state index contributed by atoms with van der Waals surface area (Å²) in [5, 5.41) is 3.85. The monoisotopic (exact) mass is 235 g/mol. The van der Waals surface area contributed by atoms with Crippen molar-refractivity contribution in [3.63, 3.8) is 0 Å². The summed E-state index contributed by atoms with van der Waals surface area (Å²) in [5.41, 5.74) is 7.99. The van der Waals surface area contributed by atoms with Gasteiger partial charge in [-0.1, -0.05) is 23.9 Å². The van der Waals surface area contributed by atoms with Crippen molar-refractivity contribution in [2.24, 2.45) is 10.7 Å². The van der Waals surface area contributed by atoms with Crippen molar-refractivity contribution in [1.29, 1.82) is 0 Å². The predicted molar refractivity (Wildman–Crippen MR) is 72.0 cm³/mol. The molecule has 86 valence electrons. The van der Waals surface area contributed by atoms with E-state index in [1.165, 1.54) is 5.56 Å². The zero-order chi connectivity index (χ0) is 11.6. The first kappa shape index (κ1) is 11.3. The molecular weight excluding hydrogens is 218 g/mol. The minimum absolute atomic E-state index is 0.164. The maximum atomic E-state index is 5.82. The quantitative estimate of drug-likeness (QED) is 0.827. The Balaban J connectivity index is 2.38. The van der Waals surface area contributed by atoms with Gasteiger partial charge in [-0.05, 0) is 31.0 Å². The van der Waals surface area contributed by atoms with Crippen LogP contribution in [-0.4, -0.2) is 18.0 Å². The highest BCUT2D eigenvalue weighted by atomic mass is 32.2. The standard InChI is InChI=1S/C12H17N3S/c1-12(6-7-16-11(13)15-12)9-4-3-5-10(8-9)14-2/h3-5,8,14H,6-7H2,1-2H3,(H2,13,15)/t12-/m1/s1. The molecule has 0 saturated carbocycles. The van der Waals surface area contributed by atoms with E-state index < -0.39 is 0 Å². The first-order chi connectivity index (χ1) is 7.64. The van der Waals surface area contributed by atoms with Crippen LogP contribution in [0.4, 0.5) is 5.69 Å². The molecule has 1 aliphatic rings. The van der Waals surface area contributed by atoms with Gasteiger partial charge in [-0.2, -0.15) is 0 Å². The molecule has 2 rings (SSSR count). The van der Waals surface area contributed by atoms with E-state index in [4.69, 9.17) is 5.73 Å². The molecule has 3 N–H and O–H groups in total. The van der Waals surface area contributed by atoms with Crippen molar-refractivity contribution in [3.8, 4) is 0 Å². The van der Waals surface area contributed by atoms with E-state index in [1.54, 1.807) is 11.8 Å². The average molecular weight is 235 g/mol. The van der Waals surface area contributed by atoms with Crippen LogP contribution < -0.4 is 11.1 Å². The summed E-state index contributed by atoms with van der Waals surface area (Å²) in [5.74, 6) is 1.04. The number of amidine groups is 1. The molecule has 1 heterocycles. The molecule has 16 heavy (non-hydrogen) atoms. The van der Waals surface area contributed by atoms with E-state index in [1.807, 2.05) is 7.05 Å². The number of hydrogen-bond donors (Lipinski definition) is 2. The fourth-order valence-electron chi connectivity index (χ4n) is 1.90. The van der Waals surface area contributed by atoms with E-state index in [2.05, 4.69) is 41.5 Å². The third-order valence-electron chi connectivity index (χ3n) is 2.97. The third kappa shape index (κ3) is 2.16. The molecule has 0 radical (unpaired) electrons. The van der Waals surface area contributed by atoms with Crippen LogP contribution in [0.5, 0.6) is 0 Å². The van der Waals surface area contributed by atoms with Crippen LogP contribution in [0.2, 0.25) is 0 Å². The van der Waals surface area contributed by atoms with Crippen LogP contribution >= 0.6 is 11.8 Å². The zero-order valence-corrected chi connectivity index (χ0v) is 10.5. The molecule has 1 aromatic rings. The third-order valence-corrected chi connectivity index (χ3v) is 3.76. The van der Waals surface area contributed by atoms with Gasteiger partial charge >= 0.3 is 0 Å². The summed E-state index contributed by atoms with van der Waals surface area (Å²) in [7, 11) is 1.93. The molecule has 0 amide bonds. The van der Waals surface area contributed by atoms with Crippen LogP contribution in [0, 0.1) is 0 Å². The Kier molecular flexibility index (Phi) is 3.10. The molecule has 0 unspecified atom stereocenters. The Morgan fingerprint density at radius 1 is 1.50 bits per heavy atom. The van der Waals surface area contributed by atoms with Gasteiger partial charge in [0.2, 0.25) is 0 Å². The van der Waals surface area contributed by atoms with Crippen LogP contribution in [0.25, 0.3) is 0 Å². The fraction of sp³-hybridized carbons (Fsp3) is 0.417. The molecule has 4 heteroatoms. The summed E-state index contributed by atoms with van der Waals surface area (Å²) in [4.78, 5) is 4.59. The SMILES string of the molecule is CNc1cccc([C@@]2(C)CCSC(N)=N2)c1. The van der Waals surface area contributed by atoms with E-state index in [-0.39, 0.29) is 5.54 Å². The van der Waals surface area contributed by atoms with Gasteiger partial charge in [-0.25, -0.2) is 0 Å². The molecular formula is C12H17N3S. The maximum Gasteiger partial charge on any atom is 0.154 e. The number of anilines is 1. The average Bonchev–Trinajstić information content (AvgIpc) is 2.29. The lowest BCUT2D eigenvalue weighted by Crippen LogP contribution is -2.28.